The summed E-state index contributed by atoms with van der Waals surface area (Å²) in [7, 11) is 0. The standard InChI is InChI=1S/C18H21FN4O.ClH/c19-14-1-3-15(4-2-14)23-10-5-16(21-23)17(24)22-11-7-18(8-12-22)6-9-20-13-18;/h1-5,10,20H,6-9,11-13H2;1H. The topological polar surface area (TPSA) is 50.2 Å². The third kappa shape index (κ3) is 3.55. The van der Waals surface area contributed by atoms with Crippen molar-refractivity contribution in [3.63, 3.8) is 0 Å². The fraction of sp³-hybridized carbons (Fsp3) is 0.444. The molecule has 4 rings (SSSR count). The number of hydrogen-bond donors (Lipinski definition) is 1. The van der Waals surface area contributed by atoms with Crippen molar-refractivity contribution in [3.8, 4) is 5.69 Å². The van der Waals surface area contributed by atoms with Crippen LogP contribution in [0.15, 0.2) is 36.5 Å². The molecule has 1 aromatic carbocycles. The highest BCUT2D eigenvalue weighted by Gasteiger charge is 2.38. The number of aromatic nitrogens is 2. The number of hydrogen-bond acceptors (Lipinski definition) is 3. The van der Waals surface area contributed by atoms with Gasteiger partial charge in [-0.05, 0) is 61.6 Å². The average molecular weight is 365 g/mol. The molecular weight excluding hydrogens is 343 g/mol. The van der Waals surface area contributed by atoms with Crippen molar-refractivity contribution in [1.82, 2.24) is 20.0 Å². The summed E-state index contributed by atoms with van der Waals surface area (Å²) in [5.41, 5.74) is 1.58. The normalized spacial score (nSPS) is 19.0. The van der Waals surface area contributed by atoms with E-state index in [-0.39, 0.29) is 24.1 Å². The van der Waals surface area contributed by atoms with E-state index in [1.54, 1.807) is 29.1 Å². The lowest BCUT2D eigenvalue weighted by molar-refractivity contribution is 0.0601. The molecule has 5 nitrogen and oxygen atoms in total. The Kier molecular flexibility index (Phi) is 5.11. The Morgan fingerprint density at radius 2 is 1.84 bits per heavy atom. The fourth-order valence-corrected chi connectivity index (χ4v) is 3.74. The molecule has 0 aliphatic carbocycles. The summed E-state index contributed by atoms with van der Waals surface area (Å²) < 4.78 is 14.6. The van der Waals surface area contributed by atoms with Gasteiger partial charge in [0.15, 0.2) is 5.69 Å². The van der Waals surface area contributed by atoms with Crippen LogP contribution in [-0.4, -0.2) is 46.8 Å². The Balaban J connectivity index is 0.00000182. The van der Waals surface area contributed by atoms with Crippen LogP contribution < -0.4 is 5.32 Å². The minimum absolute atomic E-state index is 0. The number of rotatable bonds is 2. The first-order chi connectivity index (χ1) is 11.7. The van der Waals surface area contributed by atoms with Crippen LogP contribution in [0.5, 0.6) is 0 Å². The molecule has 7 heteroatoms. The Morgan fingerprint density at radius 1 is 1.12 bits per heavy atom. The molecule has 2 aliphatic heterocycles. The van der Waals surface area contributed by atoms with Gasteiger partial charge in [0.2, 0.25) is 0 Å². The Hall–Kier alpha value is -1.92. The van der Waals surface area contributed by atoms with Crippen LogP contribution in [0, 0.1) is 11.2 Å². The predicted octanol–water partition coefficient (Wildman–Crippen LogP) is 2.65. The van der Waals surface area contributed by atoms with Crippen LogP contribution in [0.1, 0.15) is 29.8 Å². The Bertz CT molecular complexity index is 730. The maximum absolute atomic E-state index is 13.0. The number of likely N-dealkylation sites (tertiary alicyclic amines) is 1. The molecule has 1 spiro atoms. The van der Waals surface area contributed by atoms with Gasteiger partial charge in [-0.1, -0.05) is 0 Å². The molecule has 0 bridgehead atoms. The van der Waals surface area contributed by atoms with Crippen LogP contribution in [-0.2, 0) is 0 Å². The molecule has 2 fully saturated rings. The maximum Gasteiger partial charge on any atom is 0.274 e. The minimum Gasteiger partial charge on any atom is -0.337 e. The van der Waals surface area contributed by atoms with E-state index in [2.05, 4.69) is 10.4 Å². The van der Waals surface area contributed by atoms with Crippen molar-refractivity contribution in [2.75, 3.05) is 26.2 Å². The summed E-state index contributed by atoms with van der Waals surface area (Å²) in [6, 6.07) is 7.80. The number of nitrogens with zero attached hydrogens (tertiary/aromatic N) is 3. The van der Waals surface area contributed by atoms with Gasteiger partial charge in [0, 0.05) is 25.8 Å². The van der Waals surface area contributed by atoms with Crippen molar-refractivity contribution >= 4 is 18.3 Å². The number of benzene rings is 1. The summed E-state index contributed by atoms with van der Waals surface area (Å²) in [6.07, 6.45) is 5.08. The third-order valence-electron chi connectivity index (χ3n) is 5.34. The highest BCUT2D eigenvalue weighted by atomic mass is 35.5. The zero-order valence-corrected chi connectivity index (χ0v) is 14.8. The maximum atomic E-state index is 13.0. The van der Waals surface area contributed by atoms with E-state index < -0.39 is 0 Å². The molecule has 1 amide bonds. The lowest BCUT2D eigenvalue weighted by Crippen LogP contribution is -2.44. The number of halogens is 2. The van der Waals surface area contributed by atoms with Crippen molar-refractivity contribution in [2.24, 2.45) is 5.41 Å². The molecule has 1 N–H and O–H groups in total. The number of amides is 1. The summed E-state index contributed by atoms with van der Waals surface area (Å²) >= 11 is 0. The summed E-state index contributed by atoms with van der Waals surface area (Å²) in [5, 5.41) is 7.80. The van der Waals surface area contributed by atoms with E-state index in [0.29, 0.717) is 11.1 Å². The Morgan fingerprint density at radius 3 is 2.48 bits per heavy atom. The van der Waals surface area contributed by atoms with Gasteiger partial charge in [-0.25, -0.2) is 9.07 Å². The lowest BCUT2D eigenvalue weighted by Gasteiger charge is -2.38. The van der Waals surface area contributed by atoms with Gasteiger partial charge in [-0.3, -0.25) is 4.79 Å². The molecule has 0 saturated carbocycles. The molecule has 0 atom stereocenters. The third-order valence-corrected chi connectivity index (χ3v) is 5.34. The lowest BCUT2D eigenvalue weighted by atomic mass is 9.78. The van der Waals surface area contributed by atoms with Gasteiger partial charge in [0.1, 0.15) is 5.82 Å². The predicted molar refractivity (Wildman–Crippen MR) is 95.8 cm³/mol. The van der Waals surface area contributed by atoms with Crippen molar-refractivity contribution in [3.05, 3.63) is 48.0 Å². The number of carbonyl (C=O) groups excluding carboxylic acids is 1. The van der Waals surface area contributed by atoms with Crippen LogP contribution in [0.3, 0.4) is 0 Å². The smallest absolute Gasteiger partial charge is 0.274 e. The first-order valence-electron chi connectivity index (χ1n) is 8.47. The molecule has 2 aromatic rings. The average Bonchev–Trinajstić information content (AvgIpc) is 3.26. The van der Waals surface area contributed by atoms with E-state index in [9.17, 15) is 9.18 Å². The Labute approximate surface area is 152 Å². The number of nitrogens with one attached hydrogen (secondary N) is 1. The highest BCUT2D eigenvalue weighted by molar-refractivity contribution is 5.92. The van der Waals surface area contributed by atoms with Gasteiger partial charge in [-0.15, -0.1) is 12.4 Å². The molecule has 1 aromatic heterocycles. The zero-order valence-electron chi connectivity index (χ0n) is 13.9. The van der Waals surface area contributed by atoms with Crippen molar-refractivity contribution < 1.29 is 9.18 Å². The van der Waals surface area contributed by atoms with Gasteiger partial charge in [0.05, 0.1) is 5.69 Å². The molecule has 2 saturated heterocycles. The fourth-order valence-electron chi connectivity index (χ4n) is 3.74. The summed E-state index contributed by atoms with van der Waals surface area (Å²) in [5.74, 6) is -0.303. The second kappa shape index (κ2) is 7.14. The number of piperidine rings is 1. The van der Waals surface area contributed by atoms with Crippen LogP contribution in [0.4, 0.5) is 4.39 Å². The van der Waals surface area contributed by atoms with Gasteiger partial charge in [-0.2, -0.15) is 5.10 Å². The van der Waals surface area contributed by atoms with Gasteiger partial charge >= 0.3 is 0 Å². The van der Waals surface area contributed by atoms with E-state index in [0.717, 1.165) is 44.7 Å². The SMILES string of the molecule is Cl.O=C(c1ccn(-c2ccc(F)cc2)n1)N1CCC2(CCNC2)CC1. The van der Waals surface area contributed by atoms with E-state index in [1.807, 2.05) is 4.90 Å². The van der Waals surface area contributed by atoms with E-state index in [4.69, 9.17) is 0 Å². The zero-order chi connectivity index (χ0) is 16.6. The minimum atomic E-state index is -0.286. The second-order valence-corrected chi connectivity index (χ2v) is 6.84. The van der Waals surface area contributed by atoms with Crippen LogP contribution in [0.25, 0.3) is 5.69 Å². The second-order valence-electron chi connectivity index (χ2n) is 6.84. The van der Waals surface area contributed by atoms with Crippen LogP contribution in [0.2, 0.25) is 0 Å². The largest absolute Gasteiger partial charge is 0.337 e. The molecule has 0 radical (unpaired) electrons. The summed E-state index contributed by atoms with van der Waals surface area (Å²) in [4.78, 5) is 14.6. The first kappa shape index (κ1) is 17.9. The molecular formula is C18H22ClFN4O. The van der Waals surface area contributed by atoms with Crippen molar-refractivity contribution in [1.29, 1.82) is 0 Å². The quantitative estimate of drug-likeness (QED) is 0.891. The van der Waals surface area contributed by atoms with E-state index in [1.165, 1.54) is 18.6 Å². The van der Waals surface area contributed by atoms with E-state index >= 15 is 0 Å². The van der Waals surface area contributed by atoms with Gasteiger partial charge < -0.3 is 10.2 Å². The van der Waals surface area contributed by atoms with Crippen molar-refractivity contribution in [2.45, 2.75) is 19.3 Å². The van der Waals surface area contributed by atoms with Crippen LogP contribution >= 0.6 is 12.4 Å². The van der Waals surface area contributed by atoms with Gasteiger partial charge in [0.25, 0.3) is 5.91 Å². The first-order valence-corrected chi connectivity index (χ1v) is 8.47. The molecule has 134 valence electrons. The molecule has 0 unspecified atom stereocenters. The number of carbonyl (C=O) groups is 1. The monoisotopic (exact) mass is 364 g/mol. The highest BCUT2D eigenvalue weighted by Crippen LogP contribution is 2.37. The molecule has 2 aliphatic rings. The molecule has 25 heavy (non-hydrogen) atoms. The summed E-state index contributed by atoms with van der Waals surface area (Å²) in [6.45, 7) is 3.76. The molecule has 3 heterocycles.